The van der Waals surface area contributed by atoms with Crippen molar-refractivity contribution < 1.29 is 4.79 Å². The Hall–Kier alpha value is -2.14. The van der Waals surface area contributed by atoms with Gasteiger partial charge in [0.15, 0.2) is 5.69 Å². The van der Waals surface area contributed by atoms with Crippen molar-refractivity contribution in [2.75, 3.05) is 19.6 Å². The van der Waals surface area contributed by atoms with E-state index in [4.69, 9.17) is 0 Å². The Morgan fingerprint density at radius 2 is 2.09 bits per heavy atom. The average molecular weight is 296 g/mol. The van der Waals surface area contributed by atoms with E-state index in [1.807, 2.05) is 35.0 Å². The third kappa shape index (κ3) is 2.31. The van der Waals surface area contributed by atoms with E-state index in [0.29, 0.717) is 11.6 Å². The van der Waals surface area contributed by atoms with Gasteiger partial charge in [-0.3, -0.25) is 4.79 Å². The van der Waals surface area contributed by atoms with Gasteiger partial charge in [0, 0.05) is 36.8 Å². The maximum atomic E-state index is 12.5. The smallest absolute Gasteiger partial charge is 0.272 e. The van der Waals surface area contributed by atoms with Gasteiger partial charge in [0.05, 0.1) is 5.69 Å². The maximum absolute atomic E-state index is 12.5. The van der Waals surface area contributed by atoms with Crippen molar-refractivity contribution in [3.8, 4) is 5.69 Å². The van der Waals surface area contributed by atoms with E-state index in [-0.39, 0.29) is 5.91 Å². The van der Waals surface area contributed by atoms with E-state index >= 15 is 0 Å². The molecule has 114 valence electrons. The predicted octanol–water partition coefficient (Wildman–Crippen LogP) is 1.31. The van der Waals surface area contributed by atoms with E-state index in [1.54, 1.807) is 0 Å². The zero-order valence-electron chi connectivity index (χ0n) is 12.5. The lowest BCUT2D eigenvalue weighted by Gasteiger charge is -2.26. The number of rotatable bonds is 4. The van der Waals surface area contributed by atoms with E-state index in [1.165, 1.54) is 5.69 Å². The quantitative estimate of drug-likeness (QED) is 0.894. The van der Waals surface area contributed by atoms with Crippen LogP contribution in [0.4, 0.5) is 0 Å². The standard InChI is InChI=1S/C17H20N4O/c22-17(19-11-12-9-18-10-12)16-14-7-4-8-15(14)21(20-16)13-5-2-1-3-6-13/h1-3,5-6,12,18H,4,7-11H2,(H,19,22). The van der Waals surface area contributed by atoms with Crippen LogP contribution in [0.15, 0.2) is 30.3 Å². The fourth-order valence-corrected chi connectivity index (χ4v) is 3.22. The summed E-state index contributed by atoms with van der Waals surface area (Å²) in [6, 6.07) is 10.1. The van der Waals surface area contributed by atoms with Crippen molar-refractivity contribution in [1.29, 1.82) is 0 Å². The Morgan fingerprint density at radius 1 is 1.27 bits per heavy atom. The van der Waals surface area contributed by atoms with Crippen LogP contribution in [-0.2, 0) is 12.8 Å². The van der Waals surface area contributed by atoms with Crippen molar-refractivity contribution in [3.05, 3.63) is 47.3 Å². The third-order valence-electron chi connectivity index (χ3n) is 4.56. The van der Waals surface area contributed by atoms with Crippen LogP contribution in [0, 0.1) is 5.92 Å². The molecular weight excluding hydrogens is 276 g/mol. The van der Waals surface area contributed by atoms with Gasteiger partial charge in [0.25, 0.3) is 5.91 Å². The van der Waals surface area contributed by atoms with E-state index in [9.17, 15) is 4.79 Å². The Labute approximate surface area is 129 Å². The molecule has 0 spiro atoms. The Kier molecular flexibility index (Phi) is 3.42. The summed E-state index contributed by atoms with van der Waals surface area (Å²) in [7, 11) is 0. The molecule has 0 atom stereocenters. The zero-order chi connectivity index (χ0) is 14.9. The second-order valence-corrected chi connectivity index (χ2v) is 6.11. The first kappa shape index (κ1) is 13.5. The summed E-state index contributed by atoms with van der Waals surface area (Å²) < 4.78 is 1.95. The Bertz CT molecular complexity index is 688. The van der Waals surface area contributed by atoms with Crippen LogP contribution in [0.5, 0.6) is 0 Å². The summed E-state index contributed by atoms with van der Waals surface area (Å²) in [6.45, 7) is 2.73. The maximum Gasteiger partial charge on any atom is 0.272 e. The highest BCUT2D eigenvalue weighted by molar-refractivity contribution is 5.94. The second kappa shape index (κ2) is 5.57. The minimum absolute atomic E-state index is 0.0280. The van der Waals surface area contributed by atoms with Crippen LogP contribution in [-0.4, -0.2) is 35.3 Å². The lowest BCUT2D eigenvalue weighted by Crippen LogP contribution is -2.48. The Balaban J connectivity index is 1.61. The van der Waals surface area contributed by atoms with Gasteiger partial charge in [-0.15, -0.1) is 0 Å². The van der Waals surface area contributed by atoms with Crippen molar-refractivity contribution in [3.63, 3.8) is 0 Å². The summed E-state index contributed by atoms with van der Waals surface area (Å²) in [5.41, 5.74) is 3.97. The molecule has 1 fully saturated rings. The molecule has 0 bridgehead atoms. The summed E-state index contributed by atoms with van der Waals surface area (Å²) >= 11 is 0. The molecule has 1 amide bonds. The van der Waals surface area contributed by atoms with Crippen LogP contribution < -0.4 is 10.6 Å². The van der Waals surface area contributed by atoms with Crippen molar-refractivity contribution in [1.82, 2.24) is 20.4 Å². The molecule has 0 unspecified atom stereocenters. The SMILES string of the molecule is O=C(NCC1CNC1)c1nn(-c2ccccc2)c2c1CCC2. The molecule has 22 heavy (non-hydrogen) atoms. The predicted molar refractivity (Wildman–Crippen MR) is 84.3 cm³/mol. The average Bonchev–Trinajstić information content (AvgIpc) is 3.08. The number of para-hydroxylation sites is 1. The molecular formula is C17H20N4O. The summed E-state index contributed by atoms with van der Waals surface area (Å²) in [5.74, 6) is 0.535. The molecule has 2 heterocycles. The molecule has 5 nitrogen and oxygen atoms in total. The highest BCUT2D eigenvalue weighted by Gasteiger charge is 2.27. The topological polar surface area (TPSA) is 59.0 Å². The minimum Gasteiger partial charge on any atom is -0.350 e. The van der Waals surface area contributed by atoms with Gasteiger partial charge < -0.3 is 10.6 Å². The first-order valence-corrected chi connectivity index (χ1v) is 7.98. The Morgan fingerprint density at radius 3 is 2.82 bits per heavy atom. The van der Waals surface area contributed by atoms with Gasteiger partial charge in [-0.1, -0.05) is 18.2 Å². The molecule has 2 aromatic rings. The number of aromatic nitrogens is 2. The molecule has 2 N–H and O–H groups in total. The number of carbonyl (C=O) groups excluding carboxylic acids is 1. The number of benzene rings is 1. The number of fused-ring (bicyclic) bond motifs is 1. The molecule has 1 saturated heterocycles. The van der Waals surface area contributed by atoms with Gasteiger partial charge in [0.2, 0.25) is 0 Å². The summed E-state index contributed by atoms with van der Waals surface area (Å²) in [4.78, 5) is 12.5. The van der Waals surface area contributed by atoms with E-state index in [0.717, 1.165) is 50.1 Å². The molecule has 0 radical (unpaired) electrons. The van der Waals surface area contributed by atoms with Crippen molar-refractivity contribution in [2.45, 2.75) is 19.3 Å². The molecule has 4 rings (SSSR count). The monoisotopic (exact) mass is 296 g/mol. The number of carbonyl (C=O) groups is 1. The highest BCUT2D eigenvalue weighted by atomic mass is 16.2. The van der Waals surface area contributed by atoms with Crippen LogP contribution >= 0.6 is 0 Å². The molecule has 1 aliphatic carbocycles. The fourth-order valence-electron chi connectivity index (χ4n) is 3.22. The third-order valence-corrected chi connectivity index (χ3v) is 4.56. The van der Waals surface area contributed by atoms with Crippen molar-refractivity contribution >= 4 is 5.91 Å². The lowest BCUT2D eigenvalue weighted by molar-refractivity contribution is 0.0936. The highest BCUT2D eigenvalue weighted by Crippen LogP contribution is 2.27. The van der Waals surface area contributed by atoms with Crippen LogP contribution in [0.2, 0.25) is 0 Å². The molecule has 1 aromatic carbocycles. The number of nitrogens with zero attached hydrogens (tertiary/aromatic N) is 2. The number of hydrogen-bond donors (Lipinski definition) is 2. The largest absolute Gasteiger partial charge is 0.350 e. The fraction of sp³-hybridized carbons (Fsp3) is 0.412. The molecule has 0 saturated carbocycles. The van der Waals surface area contributed by atoms with Crippen molar-refractivity contribution in [2.24, 2.45) is 5.92 Å². The number of nitrogens with one attached hydrogen (secondary N) is 2. The first-order valence-electron chi connectivity index (χ1n) is 7.98. The van der Waals surface area contributed by atoms with E-state index < -0.39 is 0 Å². The molecule has 1 aliphatic heterocycles. The van der Waals surface area contributed by atoms with Crippen LogP contribution in [0.1, 0.15) is 28.2 Å². The van der Waals surface area contributed by atoms with Gasteiger partial charge in [-0.05, 0) is 31.4 Å². The molecule has 5 heteroatoms. The lowest BCUT2D eigenvalue weighted by atomic mass is 10.0. The van der Waals surface area contributed by atoms with Gasteiger partial charge in [0.1, 0.15) is 0 Å². The zero-order valence-corrected chi connectivity index (χ0v) is 12.5. The second-order valence-electron chi connectivity index (χ2n) is 6.11. The molecule has 1 aromatic heterocycles. The number of hydrogen-bond acceptors (Lipinski definition) is 3. The van der Waals surface area contributed by atoms with Gasteiger partial charge in [-0.2, -0.15) is 5.10 Å². The van der Waals surface area contributed by atoms with E-state index in [2.05, 4.69) is 15.7 Å². The van der Waals surface area contributed by atoms with Gasteiger partial charge >= 0.3 is 0 Å². The van der Waals surface area contributed by atoms with Crippen LogP contribution in [0.3, 0.4) is 0 Å². The minimum atomic E-state index is -0.0280. The number of amides is 1. The summed E-state index contributed by atoms with van der Waals surface area (Å²) in [6.07, 6.45) is 3.06. The van der Waals surface area contributed by atoms with Crippen LogP contribution in [0.25, 0.3) is 5.69 Å². The summed E-state index contributed by atoms with van der Waals surface area (Å²) in [5, 5.41) is 10.9. The normalized spacial score (nSPS) is 17.1. The first-order chi connectivity index (χ1) is 10.8. The molecule has 2 aliphatic rings. The van der Waals surface area contributed by atoms with Gasteiger partial charge in [-0.25, -0.2) is 4.68 Å².